The highest BCUT2D eigenvalue weighted by atomic mass is 32.2. The maximum Gasteiger partial charge on any atom is 0.243 e. The van der Waals surface area contributed by atoms with Crippen LogP contribution in [0.5, 0.6) is 0 Å². The summed E-state index contributed by atoms with van der Waals surface area (Å²) < 4.78 is 45.4. The Balaban J connectivity index is 2.41. The van der Waals surface area contributed by atoms with Gasteiger partial charge in [0.25, 0.3) is 0 Å². The van der Waals surface area contributed by atoms with Gasteiger partial charge in [-0.3, -0.25) is 0 Å². The van der Waals surface area contributed by atoms with E-state index in [4.69, 9.17) is 9.84 Å². The third-order valence-electron chi connectivity index (χ3n) is 3.32. The number of halogens is 1. The molecule has 1 aromatic rings. The average molecular weight is 303 g/mol. The first-order chi connectivity index (χ1) is 9.36. The molecule has 0 bridgehead atoms. The minimum absolute atomic E-state index is 0.00884. The predicted octanol–water partition coefficient (Wildman–Crippen LogP) is 1.04. The Morgan fingerprint density at radius 2 is 2.20 bits per heavy atom. The lowest BCUT2D eigenvalue weighted by molar-refractivity contribution is 0.0102. The van der Waals surface area contributed by atoms with Gasteiger partial charge in [0, 0.05) is 18.7 Å². The highest BCUT2D eigenvalue weighted by Crippen LogP contribution is 2.23. The maximum atomic E-state index is 13.7. The highest BCUT2D eigenvalue weighted by molar-refractivity contribution is 7.89. The molecule has 1 heterocycles. The fourth-order valence-electron chi connectivity index (χ4n) is 2.22. The van der Waals surface area contributed by atoms with Crippen molar-refractivity contribution in [3.63, 3.8) is 0 Å². The molecule has 0 aliphatic carbocycles. The van der Waals surface area contributed by atoms with Crippen LogP contribution in [-0.2, 0) is 21.4 Å². The maximum absolute atomic E-state index is 13.7. The first-order valence-electron chi connectivity index (χ1n) is 6.38. The van der Waals surface area contributed by atoms with Crippen LogP contribution < -0.4 is 0 Å². The quantitative estimate of drug-likeness (QED) is 0.906. The molecule has 0 aromatic heterocycles. The molecule has 1 fully saturated rings. The van der Waals surface area contributed by atoms with Gasteiger partial charge in [-0.25, -0.2) is 12.8 Å². The van der Waals surface area contributed by atoms with E-state index >= 15 is 0 Å². The van der Waals surface area contributed by atoms with Crippen molar-refractivity contribution < 1.29 is 22.7 Å². The van der Waals surface area contributed by atoms with Gasteiger partial charge >= 0.3 is 0 Å². The van der Waals surface area contributed by atoms with Gasteiger partial charge in [0.15, 0.2) is 0 Å². The smallest absolute Gasteiger partial charge is 0.243 e. The van der Waals surface area contributed by atoms with Crippen molar-refractivity contribution in [1.29, 1.82) is 0 Å². The Morgan fingerprint density at radius 1 is 1.50 bits per heavy atom. The summed E-state index contributed by atoms with van der Waals surface area (Å²) in [4.78, 5) is 0.00884. The summed E-state index contributed by atoms with van der Waals surface area (Å²) in [7, 11) is -3.69. The molecule has 1 aliphatic rings. The number of aliphatic hydroxyl groups is 1. The summed E-state index contributed by atoms with van der Waals surface area (Å²) in [5.41, 5.74) is 0.196. The van der Waals surface area contributed by atoms with Crippen LogP contribution in [0.15, 0.2) is 17.0 Å². The van der Waals surface area contributed by atoms with Crippen molar-refractivity contribution in [1.82, 2.24) is 4.31 Å². The Morgan fingerprint density at radius 3 is 2.80 bits per heavy atom. The lowest BCUT2D eigenvalue weighted by atomic mass is 10.1. The molecule has 5 nitrogen and oxygen atoms in total. The zero-order valence-corrected chi connectivity index (χ0v) is 12.3. The molecule has 1 aromatic carbocycles. The Kier molecular flexibility index (Phi) is 4.43. The van der Waals surface area contributed by atoms with Crippen LogP contribution in [0.25, 0.3) is 0 Å². The van der Waals surface area contributed by atoms with Crippen LogP contribution in [0.3, 0.4) is 0 Å². The molecule has 20 heavy (non-hydrogen) atoms. The van der Waals surface area contributed by atoms with E-state index in [1.54, 1.807) is 6.92 Å². The van der Waals surface area contributed by atoms with Crippen LogP contribution in [0, 0.1) is 12.7 Å². The summed E-state index contributed by atoms with van der Waals surface area (Å²) in [6.07, 6.45) is -0.169. The van der Waals surface area contributed by atoms with Gasteiger partial charge in [-0.15, -0.1) is 0 Å². The zero-order chi connectivity index (χ0) is 14.9. The van der Waals surface area contributed by atoms with Crippen LogP contribution >= 0.6 is 0 Å². The molecule has 1 atom stereocenters. The van der Waals surface area contributed by atoms with E-state index in [0.29, 0.717) is 6.61 Å². The second-order valence-electron chi connectivity index (χ2n) is 4.92. The number of aryl methyl sites for hydroxylation is 1. The second-order valence-corrected chi connectivity index (χ2v) is 6.85. The molecular formula is C13H18FNO4S. The molecular weight excluding hydrogens is 285 g/mol. The van der Waals surface area contributed by atoms with Crippen LogP contribution in [-0.4, -0.2) is 43.6 Å². The number of hydrogen-bond acceptors (Lipinski definition) is 4. The zero-order valence-electron chi connectivity index (χ0n) is 11.5. The van der Waals surface area contributed by atoms with E-state index in [2.05, 4.69) is 0 Å². The number of hydrogen-bond donors (Lipinski definition) is 1. The van der Waals surface area contributed by atoms with Crippen molar-refractivity contribution in [3.8, 4) is 0 Å². The molecule has 7 heteroatoms. The average Bonchev–Trinajstić information content (AvgIpc) is 2.41. The third kappa shape index (κ3) is 2.85. The fourth-order valence-corrected chi connectivity index (χ4v) is 3.86. The standard InChI is InChI=1S/C13H18FNO4S/c1-9-5-12(6-11(8-16)13(9)14)20(17,18)15-3-4-19-10(2)7-15/h5-6,10,16H,3-4,7-8H2,1-2H3. The molecule has 1 aliphatic heterocycles. The number of nitrogens with zero attached hydrogens (tertiary/aromatic N) is 1. The van der Waals surface area contributed by atoms with Crippen molar-refractivity contribution in [2.24, 2.45) is 0 Å². The van der Waals surface area contributed by atoms with Gasteiger partial charge < -0.3 is 9.84 Å². The van der Waals surface area contributed by atoms with E-state index < -0.39 is 22.4 Å². The summed E-state index contributed by atoms with van der Waals surface area (Å²) >= 11 is 0. The number of sulfonamides is 1. The SMILES string of the molecule is Cc1cc(S(=O)(=O)N2CCOC(C)C2)cc(CO)c1F. The molecule has 1 N–H and O–H groups in total. The van der Waals surface area contributed by atoms with Crippen molar-refractivity contribution in [2.45, 2.75) is 31.5 Å². The highest BCUT2D eigenvalue weighted by Gasteiger charge is 2.30. The molecule has 0 radical (unpaired) electrons. The number of aliphatic hydroxyl groups excluding tert-OH is 1. The molecule has 0 saturated carbocycles. The summed E-state index contributed by atoms with van der Waals surface area (Å²) in [6, 6.07) is 2.49. The number of benzene rings is 1. The normalized spacial score (nSPS) is 21.1. The first kappa shape index (κ1) is 15.4. The lowest BCUT2D eigenvalue weighted by Crippen LogP contribution is -2.44. The van der Waals surface area contributed by atoms with Gasteiger partial charge in [-0.05, 0) is 31.5 Å². The van der Waals surface area contributed by atoms with Gasteiger partial charge in [-0.1, -0.05) is 0 Å². The molecule has 2 rings (SSSR count). The minimum atomic E-state index is -3.69. The second kappa shape index (κ2) is 5.77. The van der Waals surface area contributed by atoms with Crippen molar-refractivity contribution in [3.05, 3.63) is 29.1 Å². The Hall–Kier alpha value is -1.02. The van der Waals surface area contributed by atoms with E-state index in [9.17, 15) is 12.8 Å². The van der Waals surface area contributed by atoms with Crippen LogP contribution in [0.2, 0.25) is 0 Å². The third-order valence-corrected chi connectivity index (χ3v) is 5.16. The first-order valence-corrected chi connectivity index (χ1v) is 7.82. The molecule has 112 valence electrons. The Labute approximate surface area is 118 Å². The van der Waals surface area contributed by atoms with Crippen LogP contribution in [0.1, 0.15) is 18.1 Å². The predicted molar refractivity (Wildman–Crippen MR) is 71.2 cm³/mol. The summed E-state index contributed by atoms with van der Waals surface area (Å²) in [5.74, 6) is -0.568. The number of rotatable bonds is 3. The summed E-state index contributed by atoms with van der Waals surface area (Å²) in [5, 5.41) is 9.12. The van der Waals surface area contributed by atoms with E-state index in [-0.39, 0.29) is 35.2 Å². The van der Waals surface area contributed by atoms with E-state index in [0.717, 1.165) is 0 Å². The van der Waals surface area contributed by atoms with E-state index in [1.807, 2.05) is 0 Å². The molecule has 1 unspecified atom stereocenters. The van der Waals surface area contributed by atoms with Gasteiger partial charge in [0.1, 0.15) is 5.82 Å². The summed E-state index contributed by atoms with van der Waals surface area (Å²) in [6.45, 7) is 3.64. The van der Waals surface area contributed by atoms with Gasteiger partial charge in [-0.2, -0.15) is 4.31 Å². The van der Waals surface area contributed by atoms with Gasteiger partial charge in [0.05, 0.1) is 24.2 Å². The molecule has 1 saturated heterocycles. The molecule has 0 amide bonds. The van der Waals surface area contributed by atoms with Crippen molar-refractivity contribution in [2.75, 3.05) is 19.7 Å². The number of ether oxygens (including phenoxy) is 1. The Bertz CT molecular complexity index is 603. The minimum Gasteiger partial charge on any atom is -0.392 e. The largest absolute Gasteiger partial charge is 0.392 e. The van der Waals surface area contributed by atoms with Gasteiger partial charge in [0.2, 0.25) is 10.0 Å². The monoisotopic (exact) mass is 303 g/mol. The van der Waals surface area contributed by atoms with E-state index in [1.165, 1.54) is 23.4 Å². The molecule has 0 spiro atoms. The van der Waals surface area contributed by atoms with Crippen molar-refractivity contribution >= 4 is 10.0 Å². The van der Waals surface area contributed by atoms with Crippen LogP contribution in [0.4, 0.5) is 4.39 Å². The number of morpholine rings is 1. The topological polar surface area (TPSA) is 66.8 Å². The fraction of sp³-hybridized carbons (Fsp3) is 0.538. The lowest BCUT2D eigenvalue weighted by Gasteiger charge is -2.30.